The van der Waals surface area contributed by atoms with Crippen molar-refractivity contribution >= 4 is 24.1 Å². The van der Waals surface area contributed by atoms with E-state index in [4.69, 9.17) is 4.74 Å². The molecule has 0 amide bonds. The lowest BCUT2D eigenvalue weighted by Gasteiger charge is -2.14. The Kier molecular flexibility index (Phi) is 4.93. The van der Waals surface area contributed by atoms with Crippen molar-refractivity contribution in [2.24, 2.45) is 4.76 Å². The first-order chi connectivity index (χ1) is 11.7. The van der Waals surface area contributed by atoms with Gasteiger partial charge in [-0.2, -0.15) is 0 Å². The molecule has 3 rings (SSSR count). The summed E-state index contributed by atoms with van der Waals surface area (Å²) < 4.78 is 23.4. The standard InChI is InChI=1S/C20H18NO2P/c1-23-18-14-12-17(13-15-18)16-21-24(22,19-8-4-2-5-9-19)20-10-6-3-7-11-20/h2-16H,1H3. The Morgan fingerprint density at radius 2 is 1.29 bits per heavy atom. The monoisotopic (exact) mass is 335 g/mol. The highest BCUT2D eigenvalue weighted by atomic mass is 31.2. The van der Waals surface area contributed by atoms with Gasteiger partial charge in [0, 0.05) is 16.8 Å². The minimum Gasteiger partial charge on any atom is -0.497 e. The van der Waals surface area contributed by atoms with E-state index >= 15 is 0 Å². The van der Waals surface area contributed by atoms with Gasteiger partial charge in [-0.15, -0.1) is 0 Å². The van der Waals surface area contributed by atoms with E-state index < -0.39 is 7.29 Å². The maximum Gasteiger partial charge on any atom is 0.247 e. The van der Waals surface area contributed by atoms with Gasteiger partial charge in [-0.05, 0) is 54.1 Å². The van der Waals surface area contributed by atoms with Crippen molar-refractivity contribution in [2.75, 3.05) is 7.11 Å². The van der Waals surface area contributed by atoms with E-state index in [2.05, 4.69) is 4.76 Å². The zero-order chi connectivity index (χ0) is 16.8. The van der Waals surface area contributed by atoms with Crippen molar-refractivity contribution < 1.29 is 9.30 Å². The number of benzene rings is 3. The van der Waals surface area contributed by atoms with Crippen molar-refractivity contribution in [3.63, 3.8) is 0 Å². The Bertz CT molecular complexity index is 816. The van der Waals surface area contributed by atoms with Crippen LogP contribution in [0.2, 0.25) is 0 Å². The third-order valence-corrected chi connectivity index (χ3v) is 6.13. The van der Waals surface area contributed by atoms with Crippen molar-refractivity contribution in [2.45, 2.75) is 0 Å². The molecule has 0 aromatic heterocycles. The van der Waals surface area contributed by atoms with E-state index in [9.17, 15) is 4.57 Å². The summed E-state index contributed by atoms with van der Waals surface area (Å²) in [6.45, 7) is 0. The van der Waals surface area contributed by atoms with Crippen LogP contribution in [-0.2, 0) is 4.57 Å². The highest BCUT2D eigenvalue weighted by molar-refractivity contribution is 7.77. The second-order valence-electron chi connectivity index (χ2n) is 5.26. The Balaban J connectivity index is 2.02. The first kappa shape index (κ1) is 16.2. The van der Waals surface area contributed by atoms with Crippen LogP contribution >= 0.6 is 7.29 Å². The van der Waals surface area contributed by atoms with E-state index in [1.165, 1.54) is 0 Å². The average Bonchev–Trinajstić information content (AvgIpc) is 2.68. The summed E-state index contributed by atoms with van der Waals surface area (Å²) in [6.07, 6.45) is 1.67. The van der Waals surface area contributed by atoms with Crippen LogP contribution in [0.3, 0.4) is 0 Å². The minimum absolute atomic E-state index is 0.723. The Morgan fingerprint density at radius 3 is 1.75 bits per heavy atom. The largest absolute Gasteiger partial charge is 0.497 e. The number of hydrogen-bond acceptors (Lipinski definition) is 2. The smallest absolute Gasteiger partial charge is 0.247 e. The minimum atomic E-state index is -3.07. The van der Waals surface area contributed by atoms with Crippen LogP contribution in [-0.4, -0.2) is 13.3 Å². The molecule has 0 bridgehead atoms. The summed E-state index contributed by atoms with van der Waals surface area (Å²) >= 11 is 0. The van der Waals surface area contributed by atoms with Crippen LogP contribution < -0.4 is 15.3 Å². The van der Waals surface area contributed by atoms with E-state index in [1.807, 2.05) is 84.9 Å². The molecule has 0 spiro atoms. The quantitative estimate of drug-likeness (QED) is 0.521. The molecule has 3 aromatic rings. The molecular weight excluding hydrogens is 317 g/mol. The Morgan fingerprint density at radius 1 is 0.792 bits per heavy atom. The van der Waals surface area contributed by atoms with Crippen LogP contribution in [0.15, 0.2) is 89.7 Å². The molecule has 0 atom stereocenters. The third-order valence-electron chi connectivity index (χ3n) is 3.70. The molecule has 0 aliphatic carbocycles. The molecule has 3 nitrogen and oxygen atoms in total. The molecule has 0 aliphatic heterocycles. The summed E-state index contributed by atoms with van der Waals surface area (Å²) in [6, 6.07) is 26.3. The van der Waals surface area contributed by atoms with E-state index in [0.717, 1.165) is 21.9 Å². The summed E-state index contributed by atoms with van der Waals surface area (Å²) in [5.74, 6) is 0.779. The van der Waals surface area contributed by atoms with Crippen molar-refractivity contribution in [3.8, 4) is 5.75 Å². The normalized spacial score (nSPS) is 11.5. The Hall–Kier alpha value is -2.64. The second-order valence-corrected chi connectivity index (χ2v) is 7.68. The highest BCUT2D eigenvalue weighted by Crippen LogP contribution is 2.44. The van der Waals surface area contributed by atoms with Gasteiger partial charge in [-0.3, -0.25) is 4.57 Å². The van der Waals surface area contributed by atoms with E-state index in [-0.39, 0.29) is 0 Å². The molecule has 0 saturated heterocycles. The average molecular weight is 335 g/mol. The molecule has 0 aliphatic rings. The molecule has 0 heterocycles. The SMILES string of the molecule is COc1ccc(C=NP(=O)(c2ccccc2)c2ccccc2)cc1. The van der Waals surface area contributed by atoms with Crippen molar-refractivity contribution in [1.29, 1.82) is 0 Å². The topological polar surface area (TPSA) is 38.7 Å². The zero-order valence-electron chi connectivity index (χ0n) is 13.4. The van der Waals surface area contributed by atoms with Crippen LogP contribution in [0.1, 0.15) is 5.56 Å². The number of nitrogens with zero attached hydrogens (tertiary/aromatic N) is 1. The molecular formula is C20H18NO2P. The lowest BCUT2D eigenvalue weighted by Crippen LogP contribution is -2.14. The predicted octanol–water partition coefficient (Wildman–Crippen LogP) is 4.04. The molecule has 24 heavy (non-hydrogen) atoms. The fraction of sp³-hybridized carbons (Fsp3) is 0.0500. The summed E-state index contributed by atoms with van der Waals surface area (Å²) in [7, 11) is -1.44. The molecule has 0 fully saturated rings. The van der Waals surface area contributed by atoms with Crippen LogP contribution in [0.25, 0.3) is 0 Å². The summed E-state index contributed by atoms with van der Waals surface area (Å²) in [5, 5.41) is 1.45. The van der Waals surface area contributed by atoms with Crippen LogP contribution in [0.5, 0.6) is 5.75 Å². The van der Waals surface area contributed by atoms with E-state index in [0.29, 0.717) is 0 Å². The van der Waals surface area contributed by atoms with E-state index in [1.54, 1.807) is 13.3 Å². The molecule has 0 saturated carbocycles. The molecule has 3 aromatic carbocycles. The summed E-state index contributed by atoms with van der Waals surface area (Å²) in [4.78, 5) is 0. The van der Waals surface area contributed by atoms with Gasteiger partial charge >= 0.3 is 0 Å². The second kappa shape index (κ2) is 7.29. The predicted molar refractivity (Wildman–Crippen MR) is 100 cm³/mol. The lowest BCUT2D eigenvalue weighted by atomic mass is 10.2. The highest BCUT2D eigenvalue weighted by Gasteiger charge is 2.25. The van der Waals surface area contributed by atoms with Gasteiger partial charge in [0.1, 0.15) is 5.75 Å². The third kappa shape index (κ3) is 3.47. The maximum atomic E-state index is 13.7. The first-order valence-corrected chi connectivity index (χ1v) is 9.29. The number of rotatable bonds is 5. The van der Waals surface area contributed by atoms with Gasteiger partial charge in [0.05, 0.1) is 7.11 Å². The first-order valence-electron chi connectivity index (χ1n) is 7.63. The maximum absolute atomic E-state index is 13.7. The van der Waals surface area contributed by atoms with Gasteiger partial charge in [0.15, 0.2) is 0 Å². The van der Waals surface area contributed by atoms with Gasteiger partial charge in [0.25, 0.3) is 0 Å². The number of methoxy groups -OCH3 is 1. The van der Waals surface area contributed by atoms with Crippen LogP contribution in [0.4, 0.5) is 0 Å². The van der Waals surface area contributed by atoms with Crippen LogP contribution in [0, 0.1) is 0 Å². The van der Waals surface area contributed by atoms with Crippen molar-refractivity contribution in [3.05, 3.63) is 90.5 Å². The summed E-state index contributed by atoms with van der Waals surface area (Å²) in [5.41, 5.74) is 0.878. The van der Waals surface area contributed by atoms with Gasteiger partial charge < -0.3 is 4.74 Å². The molecule has 0 unspecified atom stereocenters. The number of hydrogen-bond donors (Lipinski definition) is 0. The van der Waals surface area contributed by atoms with Gasteiger partial charge in [-0.25, -0.2) is 4.76 Å². The molecule has 0 radical (unpaired) electrons. The fourth-order valence-corrected chi connectivity index (χ4v) is 4.39. The molecule has 120 valence electrons. The Labute approximate surface area is 142 Å². The fourth-order valence-electron chi connectivity index (χ4n) is 2.38. The van der Waals surface area contributed by atoms with Gasteiger partial charge in [0.2, 0.25) is 7.29 Å². The molecule has 4 heteroatoms. The van der Waals surface area contributed by atoms with Gasteiger partial charge in [-0.1, -0.05) is 36.4 Å². The van der Waals surface area contributed by atoms with Crippen molar-refractivity contribution in [1.82, 2.24) is 0 Å². The molecule has 0 N–H and O–H groups in total. The number of ether oxygens (including phenoxy) is 1. The lowest BCUT2D eigenvalue weighted by molar-refractivity contribution is 0.415. The zero-order valence-corrected chi connectivity index (χ0v) is 14.3.